The van der Waals surface area contributed by atoms with Crippen LogP contribution in [0.25, 0.3) is 0 Å². The molecule has 1 saturated heterocycles. The Hall–Kier alpha value is -1.40. The van der Waals surface area contributed by atoms with E-state index in [1.807, 2.05) is 20.8 Å². The van der Waals surface area contributed by atoms with Crippen molar-refractivity contribution in [3.63, 3.8) is 0 Å². The fraction of sp³-hybridized carbons (Fsp3) is 0.714. The predicted octanol–water partition coefficient (Wildman–Crippen LogP) is 1.03. The van der Waals surface area contributed by atoms with Crippen molar-refractivity contribution in [2.24, 2.45) is 0 Å². The van der Waals surface area contributed by atoms with Gasteiger partial charge >= 0.3 is 0 Å². The quantitative estimate of drug-likeness (QED) is 0.847. The molecule has 2 aliphatic heterocycles. The van der Waals surface area contributed by atoms with Gasteiger partial charge in [-0.2, -0.15) is 5.10 Å². The number of aromatic nitrogens is 2. The number of fused-ring (bicyclic) bond motifs is 1. The first-order valence-electron chi connectivity index (χ1n) is 7.18. The van der Waals surface area contributed by atoms with Gasteiger partial charge in [-0.15, -0.1) is 0 Å². The van der Waals surface area contributed by atoms with E-state index in [1.165, 1.54) is 0 Å². The SMILES string of the molecule is CCC1(O)CN(C(=O)c2n[nH]c3c2C[C@H](C)O[C@@H]3C)C1. The van der Waals surface area contributed by atoms with E-state index in [0.29, 0.717) is 31.6 Å². The first kappa shape index (κ1) is 13.6. The molecular weight excluding hydrogens is 258 g/mol. The van der Waals surface area contributed by atoms with Gasteiger partial charge in [0.1, 0.15) is 0 Å². The molecule has 0 unspecified atom stereocenters. The smallest absolute Gasteiger partial charge is 0.274 e. The van der Waals surface area contributed by atoms with Crippen molar-refractivity contribution in [2.45, 2.75) is 51.4 Å². The van der Waals surface area contributed by atoms with Gasteiger partial charge in [0.05, 0.1) is 36.6 Å². The number of H-pyrrole nitrogens is 1. The number of ether oxygens (including phenoxy) is 1. The highest BCUT2D eigenvalue weighted by Gasteiger charge is 2.44. The topological polar surface area (TPSA) is 78.5 Å². The third-order valence-electron chi connectivity index (χ3n) is 4.35. The van der Waals surface area contributed by atoms with Crippen LogP contribution in [0.4, 0.5) is 0 Å². The zero-order valence-electron chi connectivity index (χ0n) is 12.1. The lowest BCUT2D eigenvalue weighted by molar-refractivity contribution is -0.0829. The maximum Gasteiger partial charge on any atom is 0.274 e. The normalized spacial score (nSPS) is 27.9. The van der Waals surface area contributed by atoms with Crippen LogP contribution in [-0.2, 0) is 11.2 Å². The van der Waals surface area contributed by atoms with Crippen LogP contribution in [0.3, 0.4) is 0 Å². The number of carbonyl (C=O) groups is 1. The Labute approximate surface area is 118 Å². The van der Waals surface area contributed by atoms with Crippen molar-refractivity contribution in [2.75, 3.05) is 13.1 Å². The van der Waals surface area contributed by atoms with Gasteiger partial charge in [0.2, 0.25) is 0 Å². The molecule has 6 nitrogen and oxygen atoms in total. The summed E-state index contributed by atoms with van der Waals surface area (Å²) in [4.78, 5) is 14.1. The molecule has 0 saturated carbocycles. The molecular formula is C14H21N3O3. The molecule has 1 aromatic heterocycles. The molecule has 3 heterocycles. The predicted molar refractivity (Wildman–Crippen MR) is 72.4 cm³/mol. The van der Waals surface area contributed by atoms with Crippen LogP contribution in [0.15, 0.2) is 0 Å². The van der Waals surface area contributed by atoms with Crippen LogP contribution in [0.5, 0.6) is 0 Å². The van der Waals surface area contributed by atoms with Crippen LogP contribution in [-0.4, -0.2) is 50.9 Å². The molecule has 0 spiro atoms. The molecule has 1 fully saturated rings. The monoisotopic (exact) mass is 279 g/mol. The van der Waals surface area contributed by atoms with E-state index in [-0.39, 0.29) is 18.1 Å². The lowest BCUT2D eigenvalue weighted by Gasteiger charge is -2.45. The van der Waals surface area contributed by atoms with Gasteiger partial charge < -0.3 is 14.7 Å². The van der Waals surface area contributed by atoms with Gasteiger partial charge in [-0.05, 0) is 20.3 Å². The van der Waals surface area contributed by atoms with E-state index < -0.39 is 5.60 Å². The Morgan fingerprint density at radius 2 is 2.25 bits per heavy atom. The van der Waals surface area contributed by atoms with Crippen LogP contribution in [0, 0.1) is 0 Å². The molecule has 2 aliphatic rings. The van der Waals surface area contributed by atoms with Crippen molar-refractivity contribution in [1.29, 1.82) is 0 Å². The Bertz CT molecular complexity index is 534. The first-order chi connectivity index (χ1) is 9.43. The highest BCUT2D eigenvalue weighted by molar-refractivity contribution is 5.94. The molecule has 1 aromatic rings. The lowest BCUT2D eigenvalue weighted by Crippen LogP contribution is -2.63. The maximum atomic E-state index is 12.5. The van der Waals surface area contributed by atoms with E-state index in [1.54, 1.807) is 4.90 Å². The number of amides is 1. The molecule has 1 amide bonds. The molecule has 0 bridgehead atoms. The van der Waals surface area contributed by atoms with Gasteiger partial charge in [0, 0.05) is 12.0 Å². The van der Waals surface area contributed by atoms with Crippen molar-refractivity contribution < 1.29 is 14.6 Å². The van der Waals surface area contributed by atoms with Crippen molar-refractivity contribution >= 4 is 5.91 Å². The van der Waals surface area contributed by atoms with Gasteiger partial charge in [-0.25, -0.2) is 0 Å². The van der Waals surface area contributed by atoms with E-state index in [2.05, 4.69) is 10.2 Å². The molecule has 20 heavy (non-hydrogen) atoms. The standard InChI is InChI=1S/C14H21N3O3/c1-4-14(19)6-17(7-14)13(18)12-10-5-8(2)20-9(3)11(10)15-16-12/h8-9,19H,4-7H2,1-3H3,(H,15,16)/t8-,9+/m0/s1. The summed E-state index contributed by atoms with van der Waals surface area (Å²) in [5.74, 6) is -0.0954. The molecule has 2 atom stereocenters. The summed E-state index contributed by atoms with van der Waals surface area (Å²) in [6.45, 7) is 6.68. The summed E-state index contributed by atoms with van der Waals surface area (Å²) < 4.78 is 5.72. The molecule has 110 valence electrons. The minimum Gasteiger partial charge on any atom is -0.386 e. The number of hydrogen-bond acceptors (Lipinski definition) is 4. The number of hydrogen-bond donors (Lipinski definition) is 2. The van der Waals surface area contributed by atoms with Crippen LogP contribution < -0.4 is 0 Å². The van der Waals surface area contributed by atoms with Gasteiger partial charge in [-0.3, -0.25) is 9.89 Å². The summed E-state index contributed by atoms with van der Waals surface area (Å²) in [5.41, 5.74) is 1.64. The fourth-order valence-electron chi connectivity index (χ4n) is 3.03. The zero-order valence-corrected chi connectivity index (χ0v) is 12.1. The molecule has 3 rings (SSSR count). The number of nitrogens with one attached hydrogen (secondary N) is 1. The van der Waals surface area contributed by atoms with Gasteiger partial charge in [-0.1, -0.05) is 6.92 Å². The Kier molecular flexibility index (Phi) is 3.10. The third-order valence-corrected chi connectivity index (χ3v) is 4.35. The van der Waals surface area contributed by atoms with Crippen molar-refractivity contribution in [1.82, 2.24) is 15.1 Å². The summed E-state index contributed by atoms with van der Waals surface area (Å²) in [7, 11) is 0. The number of likely N-dealkylation sites (tertiary alicyclic amines) is 1. The molecule has 2 N–H and O–H groups in total. The zero-order chi connectivity index (χ0) is 14.5. The highest BCUT2D eigenvalue weighted by Crippen LogP contribution is 2.32. The van der Waals surface area contributed by atoms with Crippen LogP contribution in [0.1, 0.15) is 55.0 Å². The van der Waals surface area contributed by atoms with Crippen molar-refractivity contribution in [3.8, 4) is 0 Å². The third kappa shape index (κ3) is 2.03. The Morgan fingerprint density at radius 1 is 1.55 bits per heavy atom. The fourth-order valence-corrected chi connectivity index (χ4v) is 3.03. The summed E-state index contributed by atoms with van der Waals surface area (Å²) in [6.07, 6.45) is 1.39. The maximum absolute atomic E-state index is 12.5. The second-order valence-electron chi connectivity index (χ2n) is 6.00. The highest BCUT2D eigenvalue weighted by atomic mass is 16.5. The van der Waals surface area contributed by atoms with E-state index in [9.17, 15) is 9.90 Å². The summed E-state index contributed by atoms with van der Waals surface area (Å²) in [6, 6.07) is 0. The van der Waals surface area contributed by atoms with Crippen LogP contribution in [0.2, 0.25) is 0 Å². The Balaban J connectivity index is 1.81. The van der Waals surface area contributed by atoms with Crippen LogP contribution >= 0.6 is 0 Å². The number of carbonyl (C=O) groups excluding carboxylic acids is 1. The minimum absolute atomic E-state index is 0.0632. The average molecular weight is 279 g/mol. The second-order valence-corrected chi connectivity index (χ2v) is 6.00. The second kappa shape index (κ2) is 4.56. The minimum atomic E-state index is -0.713. The number of aromatic amines is 1. The lowest BCUT2D eigenvalue weighted by atomic mass is 9.90. The van der Waals surface area contributed by atoms with E-state index in [0.717, 1.165) is 11.3 Å². The molecule has 0 aromatic carbocycles. The Morgan fingerprint density at radius 3 is 2.90 bits per heavy atom. The summed E-state index contributed by atoms with van der Waals surface area (Å²) >= 11 is 0. The number of rotatable bonds is 2. The van der Waals surface area contributed by atoms with E-state index >= 15 is 0 Å². The molecule has 0 aliphatic carbocycles. The van der Waals surface area contributed by atoms with E-state index in [4.69, 9.17) is 4.74 Å². The molecule has 0 radical (unpaired) electrons. The summed E-state index contributed by atoms with van der Waals surface area (Å²) in [5, 5.41) is 17.1. The number of aliphatic hydroxyl groups is 1. The van der Waals surface area contributed by atoms with Gasteiger partial charge in [0.15, 0.2) is 5.69 Å². The van der Waals surface area contributed by atoms with Gasteiger partial charge in [0.25, 0.3) is 5.91 Å². The number of β-amino-alcohol motifs (C(OH)–C–C–N with tert-alkyl or cyclic N) is 1. The largest absolute Gasteiger partial charge is 0.386 e. The average Bonchev–Trinajstić information content (AvgIpc) is 2.78. The first-order valence-corrected chi connectivity index (χ1v) is 7.18. The van der Waals surface area contributed by atoms with Crippen molar-refractivity contribution in [3.05, 3.63) is 17.0 Å². The number of nitrogens with zero attached hydrogens (tertiary/aromatic N) is 2. The molecule has 6 heteroatoms.